The molecule has 4 rings (SSSR count). The zero-order valence-corrected chi connectivity index (χ0v) is 16.1. The first-order valence-corrected chi connectivity index (χ1v) is 9.75. The molecule has 0 aromatic heterocycles. The second-order valence-corrected chi connectivity index (χ2v) is 7.52. The number of benzene rings is 3. The number of aliphatic hydroxyl groups excluding tert-OH is 1. The molecule has 154 valence electrons. The van der Waals surface area contributed by atoms with Gasteiger partial charge in [0.05, 0.1) is 18.1 Å². The molecule has 2 unspecified atom stereocenters. The van der Waals surface area contributed by atoms with Gasteiger partial charge < -0.3 is 15.5 Å². The maximum Gasteiger partial charge on any atom is 0.226 e. The normalized spacial score (nSPS) is 19.1. The molecular weight excluding hydrogens is 388 g/mol. The van der Waals surface area contributed by atoms with Crippen molar-refractivity contribution in [2.45, 2.75) is 25.0 Å². The fourth-order valence-electron chi connectivity index (χ4n) is 3.83. The van der Waals surface area contributed by atoms with Gasteiger partial charge in [0, 0.05) is 5.56 Å². The molecule has 1 aliphatic rings. The highest BCUT2D eigenvalue weighted by Crippen LogP contribution is 2.39. The quantitative estimate of drug-likeness (QED) is 0.520. The van der Waals surface area contributed by atoms with Crippen molar-refractivity contribution >= 4 is 5.91 Å². The highest BCUT2D eigenvalue weighted by Gasteiger charge is 2.40. The molecule has 6 heteroatoms. The van der Waals surface area contributed by atoms with Gasteiger partial charge >= 0.3 is 0 Å². The van der Waals surface area contributed by atoms with Crippen LogP contribution in [0.25, 0.3) is 11.1 Å². The number of amides is 1. The van der Waals surface area contributed by atoms with E-state index in [0.29, 0.717) is 29.5 Å². The van der Waals surface area contributed by atoms with Crippen LogP contribution in [0.3, 0.4) is 0 Å². The van der Waals surface area contributed by atoms with Gasteiger partial charge in [-0.1, -0.05) is 30.3 Å². The molecule has 1 amide bonds. The van der Waals surface area contributed by atoms with Crippen LogP contribution in [0.1, 0.15) is 36.1 Å². The van der Waals surface area contributed by atoms with E-state index in [-0.39, 0.29) is 35.3 Å². The third-order valence-corrected chi connectivity index (χ3v) is 5.58. The number of carbonyl (C=O) groups is 1. The monoisotopic (exact) mass is 409 g/mol. The van der Waals surface area contributed by atoms with Crippen molar-refractivity contribution in [2.75, 3.05) is 0 Å². The molecular formula is C24H21F2NO3. The molecule has 0 radical (unpaired) electrons. The van der Waals surface area contributed by atoms with Crippen molar-refractivity contribution in [3.63, 3.8) is 0 Å². The van der Waals surface area contributed by atoms with E-state index >= 15 is 0 Å². The number of phenols is 1. The minimum Gasteiger partial charge on any atom is -0.507 e. The highest BCUT2D eigenvalue weighted by molar-refractivity contribution is 5.86. The first-order chi connectivity index (χ1) is 14.4. The molecule has 0 saturated carbocycles. The van der Waals surface area contributed by atoms with Crippen LogP contribution in [0.5, 0.6) is 5.75 Å². The van der Waals surface area contributed by atoms with Crippen molar-refractivity contribution in [3.05, 3.63) is 89.5 Å². The average Bonchev–Trinajstić information content (AvgIpc) is 2.74. The fraction of sp³-hybridized carbons (Fsp3) is 0.208. The number of hydrogen-bond donors (Lipinski definition) is 3. The summed E-state index contributed by atoms with van der Waals surface area (Å²) < 4.78 is 26.3. The summed E-state index contributed by atoms with van der Waals surface area (Å²) in [5.41, 5.74) is 2.66. The molecule has 1 heterocycles. The van der Waals surface area contributed by atoms with E-state index in [1.54, 1.807) is 30.3 Å². The Kier molecular flexibility index (Phi) is 5.50. The number of aliphatic hydroxyl groups is 1. The van der Waals surface area contributed by atoms with E-state index in [0.717, 1.165) is 5.56 Å². The molecule has 0 bridgehead atoms. The Hall–Kier alpha value is -3.25. The van der Waals surface area contributed by atoms with Crippen LogP contribution in [0.15, 0.2) is 66.7 Å². The van der Waals surface area contributed by atoms with Crippen LogP contribution in [-0.4, -0.2) is 16.1 Å². The molecule has 0 aliphatic carbocycles. The first-order valence-electron chi connectivity index (χ1n) is 9.75. The summed E-state index contributed by atoms with van der Waals surface area (Å²) >= 11 is 0. The molecule has 30 heavy (non-hydrogen) atoms. The van der Waals surface area contributed by atoms with Crippen LogP contribution < -0.4 is 5.32 Å². The lowest BCUT2D eigenvalue weighted by molar-refractivity contribution is -0.135. The minimum absolute atomic E-state index is 0.0688. The van der Waals surface area contributed by atoms with Gasteiger partial charge in [-0.2, -0.15) is 0 Å². The van der Waals surface area contributed by atoms with Gasteiger partial charge in [0.1, 0.15) is 17.4 Å². The number of phenolic OH excluding ortho intramolecular Hbond substituents is 1. The summed E-state index contributed by atoms with van der Waals surface area (Å²) in [6, 6.07) is 16.3. The number of β-lactam (4-membered cyclic amide) rings is 1. The molecule has 0 spiro atoms. The molecule has 1 fully saturated rings. The second kappa shape index (κ2) is 8.24. The van der Waals surface area contributed by atoms with E-state index in [9.17, 15) is 23.8 Å². The van der Waals surface area contributed by atoms with Gasteiger partial charge in [-0.05, 0) is 65.9 Å². The SMILES string of the molecule is O=C1NC(c2ccc(O)c(-c3ccc(F)cc3)c2)C1CC[C@H](O)c1ccc(F)cc1. The Morgan fingerprint density at radius 3 is 2.20 bits per heavy atom. The van der Waals surface area contributed by atoms with Gasteiger partial charge in [-0.3, -0.25) is 4.79 Å². The predicted molar refractivity (Wildman–Crippen MR) is 108 cm³/mol. The summed E-state index contributed by atoms with van der Waals surface area (Å²) in [5, 5.41) is 23.5. The maximum absolute atomic E-state index is 13.2. The molecule has 3 atom stereocenters. The zero-order valence-electron chi connectivity index (χ0n) is 16.1. The molecule has 1 saturated heterocycles. The van der Waals surface area contributed by atoms with Crippen LogP contribution in [-0.2, 0) is 4.79 Å². The topological polar surface area (TPSA) is 69.6 Å². The summed E-state index contributed by atoms with van der Waals surface area (Å²) in [4.78, 5) is 12.1. The smallest absolute Gasteiger partial charge is 0.226 e. The number of hydrogen-bond acceptors (Lipinski definition) is 3. The third kappa shape index (κ3) is 4.04. The van der Waals surface area contributed by atoms with Crippen molar-refractivity contribution in [1.82, 2.24) is 5.32 Å². The maximum atomic E-state index is 13.2. The summed E-state index contributed by atoms with van der Waals surface area (Å²) in [5.74, 6) is -1.07. The lowest BCUT2D eigenvalue weighted by Gasteiger charge is -2.38. The van der Waals surface area contributed by atoms with Gasteiger partial charge in [-0.15, -0.1) is 0 Å². The average molecular weight is 409 g/mol. The number of nitrogens with one attached hydrogen (secondary N) is 1. The van der Waals surface area contributed by atoms with E-state index in [1.165, 1.54) is 36.4 Å². The van der Waals surface area contributed by atoms with E-state index in [4.69, 9.17) is 0 Å². The summed E-state index contributed by atoms with van der Waals surface area (Å²) in [7, 11) is 0. The standard InChI is InChI=1S/C24H21F2NO3/c25-17-6-1-14(2-7-17)20-13-16(5-11-22(20)29)23-19(24(30)27-23)10-12-21(28)15-3-8-18(26)9-4-15/h1-9,11,13,19,21,23,28-29H,10,12H2,(H,27,30)/t19?,21-,23?/m0/s1. The largest absolute Gasteiger partial charge is 0.507 e. The van der Waals surface area contributed by atoms with Gasteiger partial charge in [0.15, 0.2) is 0 Å². The van der Waals surface area contributed by atoms with Crippen molar-refractivity contribution in [3.8, 4) is 16.9 Å². The van der Waals surface area contributed by atoms with Gasteiger partial charge in [0.2, 0.25) is 5.91 Å². The lowest BCUT2D eigenvalue weighted by Crippen LogP contribution is -2.51. The Morgan fingerprint density at radius 1 is 0.933 bits per heavy atom. The molecule has 4 nitrogen and oxygen atoms in total. The number of carbonyl (C=O) groups excluding carboxylic acids is 1. The zero-order chi connectivity index (χ0) is 21.3. The van der Waals surface area contributed by atoms with Crippen molar-refractivity contribution in [2.24, 2.45) is 5.92 Å². The van der Waals surface area contributed by atoms with E-state index in [1.807, 2.05) is 0 Å². The van der Waals surface area contributed by atoms with E-state index in [2.05, 4.69) is 5.32 Å². The molecule has 3 aromatic rings. The number of halogens is 2. The van der Waals surface area contributed by atoms with Crippen molar-refractivity contribution in [1.29, 1.82) is 0 Å². The number of rotatable bonds is 6. The second-order valence-electron chi connectivity index (χ2n) is 7.52. The minimum atomic E-state index is -0.783. The lowest BCUT2D eigenvalue weighted by atomic mass is 9.80. The van der Waals surface area contributed by atoms with Gasteiger partial charge in [-0.25, -0.2) is 8.78 Å². The Bertz CT molecular complexity index is 1050. The summed E-state index contributed by atoms with van der Waals surface area (Å²) in [6.07, 6.45) is 0.0412. The number of aromatic hydroxyl groups is 1. The third-order valence-electron chi connectivity index (χ3n) is 5.58. The Balaban J connectivity index is 1.48. The summed E-state index contributed by atoms with van der Waals surface area (Å²) in [6.45, 7) is 0. The van der Waals surface area contributed by atoms with Gasteiger partial charge in [0.25, 0.3) is 0 Å². The molecule has 3 N–H and O–H groups in total. The Morgan fingerprint density at radius 2 is 1.57 bits per heavy atom. The van der Waals surface area contributed by atoms with E-state index < -0.39 is 6.10 Å². The van der Waals surface area contributed by atoms with Crippen LogP contribution in [0.4, 0.5) is 8.78 Å². The Labute approximate surface area is 172 Å². The first kappa shape index (κ1) is 20.0. The van der Waals surface area contributed by atoms with Crippen LogP contribution in [0, 0.1) is 17.6 Å². The fourth-order valence-corrected chi connectivity index (χ4v) is 3.83. The van der Waals surface area contributed by atoms with Crippen LogP contribution >= 0.6 is 0 Å². The molecule has 1 aliphatic heterocycles. The van der Waals surface area contributed by atoms with Crippen LogP contribution in [0.2, 0.25) is 0 Å². The predicted octanol–water partition coefficient (Wildman–Crippen LogP) is 4.64. The molecule has 3 aromatic carbocycles. The highest BCUT2D eigenvalue weighted by atomic mass is 19.1. The van der Waals surface area contributed by atoms with Crippen molar-refractivity contribution < 1.29 is 23.8 Å².